The Balaban J connectivity index is 1.64. The van der Waals surface area contributed by atoms with Crippen LogP contribution < -0.4 is 5.32 Å². The van der Waals surface area contributed by atoms with Crippen LogP contribution in [-0.2, 0) is 9.53 Å². The first-order valence-corrected chi connectivity index (χ1v) is 8.90. The monoisotopic (exact) mass is 406 g/mol. The molecule has 9 heteroatoms. The zero-order chi connectivity index (χ0) is 20.3. The predicted octanol–water partition coefficient (Wildman–Crippen LogP) is 4.41. The maximum Gasteiger partial charge on any atom is 0.341 e. The molecule has 0 spiro atoms. The number of hydrogen-bond acceptors (Lipinski definition) is 5. The molecule has 1 aromatic heterocycles. The van der Waals surface area contributed by atoms with Crippen molar-refractivity contribution in [2.24, 2.45) is 0 Å². The van der Waals surface area contributed by atoms with Crippen molar-refractivity contribution >= 4 is 28.3 Å². The van der Waals surface area contributed by atoms with Gasteiger partial charge in [0, 0.05) is 10.9 Å². The van der Waals surface area contributed by atoms with Crippen molar-refractivity contribution < 1.29 is 27.5 Å². The lowest BCUT2D eigenvalue weighted by molar-refractivity contribution is -0.123. The number of esters is 1. The third kappa shape index (κ3) is 4.37. The maximum atomic E-state index is 13.6. The van der Waals surface area contributed by atoms with Crippen LogP contribution in [0.2, 0.25) is 0 Å². The Kier molecular flexibility index (Phi) is 5.74. The van der Waals surface area contributed by atoms with Crippen molar-refractivity contribution in [1.29, 1.82) is 0 Å². The molecule has 0 radical (unpaired) electrons. The van der Waals surface area contributed by atoms with E-state index < -0.39 is 35.4 Å². The average molecular weight is 406 g/mol. The molecule has 1 N–H and O–H groups in total. The fourth-order valence-electron chi connectivity index (χ4n) is 2.23. The minimum atomic E-state index is -1.21. The van der Waals surface area contributed by atoms with Gasteiger partial charge in [0.1, 0.15) is 5.82 Å². The summed E-state index contributed by atoms with van der Waals surface area (Å²) >= 11 is 1.06. The van der Waals surface area contributed by atoms with Gasteiger partial charge in [-0.3, -0.25) is 10.1 Å². The van der Waals surface area contributed by atoms with Gasteiger partial charge in [-0.1, -0.05) is 12.1 Å². The van der Waals surface area contributed by atoms with Gasteiger partial charge in [0.05, 0.1) is 11.3 Å². The summed E-state index contributed by atoms with van der Waals surface area (Å²) in [6, 6.07) is 8.59. The number of ether oxygens (including phenoxy) is 1. The molecule has 0 bridgehead atoms. The highest BCUT2D eigenvalue weighted by molar-refractivity contribution is 7.14. The van der Waals surface area contributed by atoms with E-state index in [-0.39, 0.29) is 10.7 Å². The molecule has 5 nitrogen and oxygen atoms in total. The van der Waals surface area contributed by atoms with Crippen molar-refractivity contribution in [3.05, 3.63) is 70.9 Å². The van der Waals surface area contributed by atoms with Gasteiger partial charge in [-0.25, -0.2) is 22.9 Å². The first-order chi connectivity index (χ1) is 13.3. The number of nitrogens with one attached hydrogen (secondary N) is 1. The number of carbonyl (C=O) groups is 2. The fraction of sp³-hybridized carbons (Fsp3) is 0.105. The second kappa shape index (κ2) is 8.22. The average Bonchev–Trinajstić information content (AvgIpc) is 3.12. The molecule has 0 aliphatic heterocycles. The lowest BCUT2D eigenvalue weighted by Crippen LogP contribution is -2.30. The van der Waals surface area contributed by atoms with Gasteiger partial charge >= 0.3 is 5.97 Å². The van der Waals surface area contributed by atoms with Gasteiger partial charge in [0.15, 0.2) is 22.9 Å². The first kappa shape index (κ1) is 19.6. The summed E-state index contributed by atoms with van der Waals surface area (Å²) < 4.78 is 44.9. The molecule has 3 rings (SSSR count). The van der Waals surface area contributed by atoms with Crippen molar-refractivity contribution in [1.82, 2.24) is 4.98 Å². The fourth-order valence-corrected chi connectivity index (χ4v) is 2.95. The highest BCUT2D eigenvalue weighted by Crippen LogP contribution is 2.26. The quantitative estimate of drug-likeness (QED) is 0.638. The number of carbonyl (C=O) groups excluding carboxylic acids is 2. The van der Waals surface area contributed by atoms with Crippen LogP contribution in [0.25, 0.3) is 11.3 Å². The minimum Gasteiger partial charge on any atom is -0.449 e. The Hall–Kier alpha value is -3.20. The number of thiazole rings is 1. The summed E-state index contributed by atoms with van der Waals surface area (Å²) in [6.07, 6.45) is -1.21. The minimum absolute atomic E-state index is 0.179. The van der Waals surface area contributed by atoms with E-state index in [1.165, 1.54) is 31.2 Å². The molecular formula is C19H13F3N2O3S. The van der Waals surface area contributed by atoms with Gasteiger partial charge in [-0.15, -0.1) is 11.3 Å². The molecule has 28 heavy (non-hydrogen) atoms. The number of rotatable bonds is 5. The standard InChI is InChI=1S/C19H13F3N2O3S/c1-10(27-18(26)12-4-2-3-5-13(12)20)17(25)24-19-23-16(9-28-19)11-6-7-14(21)15(22)8-11/h2-10H,1H3,(H,23,24,25)/t10-/m1/s1. The van der Waals surface area contributed by atoms with Gasteiger partial charge < -0.3 is 4.74 Å². The summed E-state index contributed by atoms with van der Waals surface area (Å²) in [5.74, 6) is -4.38. The van der Waals surface area contributed by atoms with E-state index >= 15 is 0 Å². The molecule has 1 amide bonds. The highest BCUT2D eigenvalue weighted by atomic mass is 32.1. The Bertz CT molecular complexity index is 1040. The maximum absolute atomic E-state index is 13.6. The number of anilines is 1. The number of nitrogens with zero attached hydrogens (tertiary/aromatic N) is 1. The number of amides is 1. The predicted molar refractivity (Wildman–Crippen MR) is 97.4 cm³/mol. The summed E-state index contributed by atoms with van der Waals surface area (Å²) in [5.41, 5.74) is 0.405. The van der Waals surface area contributed by atoms with E-state index in [0.29, 0.717) is 11.3 Å². The molecule has 1 atom stereocenters. The number of benzene rings is 2. The molecule has 0 saturated carbocycles. The molecule has 144 valence electrons. The molecule has 0 aliphatic rings. The summed E-state index contributed by atoms with van der Waals surface area (Å²) in [7, 11) is 0. The third-order valence-corrected chi connectivity index (χ3v) is 4.45. The van der Waals surface area contributed by atoms with Crippen LogP contribution in [-0.4, -0.2) is 23.0 Å². The van der Waals surface area contributed by atoms with Crippen LogP contribution in [0.1, 0.15) is 17.3 Å². The number of halogens is 3. The SMILES string of the molecule is C[C@@H](OC(=O)c1ccccc1F)C(=O)Nc1nc(-c2ccc(F)c(F)c2)cs1. The van der Waals surface area contributed by atoms with Crippen molar-refractivity contribution in [2.45, 2.75) is 13.0 Å². The topological polar surface area (TPSA) is 68.3 Å². The van der Waals surface area contributed by atoms with E-state index in [1.54, 1.807) is 5.38 Å². The molecule has 0 saturated heterocycles. The Labute approximate surface area is 161 Å². The Morgan fingerprint density at radius 3 is 2.54 bits per heavy atom. The van der Waals surface area contributed by atoms with Crippen LogP contribution in [0.5, 0.6) is 0 Å². The van der Waals surface area contributed by atoms with Crippen LogP contribution in [0.4, 0.5) is 18.3 Å². The van der Waals surface area contributed by atoms with E-state index in [0.717, 1.165) is 29.5 Å². The number of aromatic nitrogens is 1. The first-order valence-electron chi connectivity index (χ1n) is 8.02. The van der Waals surface area contributed by atoms with Crippen molar-refractivity contribution in [3.8, 4) is 11.3 Å². The van der Waals surface area contributed by atoms with Gasteiger partial charge in [-0.2, -0.15) is 0 Å². The summed E-state index contributed by atoms with van der Waals surface area (Å²) in [5, 5.41) is 4.19. The number of hydrogen-bond donors (Lipinski definition) is 1. The summed E-state index contributed by atoms with van der Waals surface area (Å²) in [4.78, 5) is 28.3. The second-order valence-electron chi connectivity index (χ2n) is 5.68. The van der Waals surface area contributed by atoms with Gasteiger partial charge in [0.2, 0.25) is 0 Å². The molecule has 3 aromatic rings. The molecule has 2 aromatic carbocycles. The van der Waals surface area contributed by atoms with E-state index in [9.17, 15) is 22.8 Å². The van der Waals surface area contributed by atoms with Gasteiger partial charge in [0.25, 0.3) is 5.91 Å². The van der Waals surface area contributed by atoms with Crippen LogP contribution in [0.15, 0.2) is 47.8 Å². The van der Waals surface area contributed by atoms with Crippen molar-refractivity contribution in [3.63, 3.8) is 0 Å². The van der Waals surface area contributed by atoms with E-state index in [2.05, 4.69) is 10.3 Å². The summed E-state index contributed by atoms with van der Waals surface area (Å²) in [6.45, 7) is 1.33. The Morgan fingerprint density at radius 1 is 1.07 bits per heavy atom. The Morgan fingerprint density at radius 2 is 1.82 bits per heavy atom. The molecule has 0 unspecified atom stereocenters. The third-order valence-electron chi connectivity index (χ3n) is 3.70. The lowest BCUT2D eigenvalue weighted by Gasteiger charge is -2.12. The van der Waals surface area contributed by atoms with Gasteiger partial charge in [-0.05, 0) is 37.3 Å². The van der Waals surface area contributed by atoms with E-state index in [4.69, 9.17) is 4.74 Å². The molecular weight excluding hydrogens is 393 g/mol. The second-order valence-corrected chi connectivity index (χ2v) is 6.54. The highest BCUT2D eigenvalue weighted by Gasteiger charge is 2.22. The smallest absolute Gasteiger partial charge is 0.341 e. The van der Waals surface area contributed by atoms with Crippen LogP contribution >= 0.6 is 11.3 Å². The van der Waals surface area contributed by atoms with Crippen LogP contribution in [0, 0.1) is 17.5 Å². The van der Waals surface area contributed by atoms with Crippen LogP contribution in [0.3, 0.4) is 0 Å². The lowest BCUT2D eigenvalue weighted by atomic mass is 10.2. The molecule has 0 fully saturated rings. The largest absolute Gasteiger partial charge is 0.449 e. The molecule has 0 aliphatic carbocycles. The zero-order valence-corrected chi connectivity index (χ0v) is 15.2. The normalized spacial score (nSPS) is 11.7. The molecule has 1 heterocycles. The van der Waals surface area contributed by atoms with E-state index in [1.807, 2.05) is 0 Å². The van der Waals surface area contributed by atoms with Crippen molar-refractivity contribution in [2.75, 3.05) is 5.32 Å². The zero-order valence-electron chi connectivity index (χ0n) is 14.4.